The number of aliphatic imine (C=N–C) groups is 2. The monoisotopic (exact) mass is 434 g/mol. The molecule has 0 aliphatic carbocycles. The van der Waals surface area contributed by atoms with Crippen LogP contribution in [0.1, 0.15) is 77.3 Å². The smallest absolute Gasteiger partial charge is 0.125 e. The van der Waals surface area contributed by atoms with E-state index in [2.05, 4.69) is 41.9 Å². The number of hydrogen-bond donors (Lipinski definition) is 2. The van der Waals surface area contributed by atoms with Crippen LogP contribution < -0.4 is 11.6 Å². The number of hydrogen-bond acceptors (Lipinski definition) is 4. The van der Waals surface area contributed by atoms with Gasteiger partial charge in [-0.3, -0.25) is 9.98 Å². The molecule has 4 N–H and O–H groups in total. The van der Waals surface area contributed by atoms with E-state index in [1.165, 1.54) is 0 Å². The van der Waals surface area contributed by atoms with E-state index in [1.807, 2.05) is 43.5 Å². The van der Waals surface area contributed by atoms with Crippen molar-refractivity contribution in [3.05, 3.63) is 53.7 Å². The maximum Gasteiger partial charge on any atom is 0.125 e. The Bertz CT molecular complexity index is 924. The van der Waals surface area contributed by atoms with Crippen molar-refractivity contribution in [3.8, 4) is 11.3 Å². The van der Waals surface area contributed by atoms with E-state index in [0.29, 0.717) is 18.3 Å². The van der Waals surface area contributed by atoms with E-state index in [1.54, 1.807) is 0 Å². The Morgan fingerprint density at radius 2 is 1.81 bits per heavy atom. The molecule has 2 rings (SSSR count). The molecule has 0 spiro atoms. The normalized spacial score (nSPS) is 13.1. The number of hydrazone groups is 1. The van der Waals surface area contributed by atoms with E-state index >= 15 is 0 Å². The summed E-state index contributed by atoms with van der Waals surface area (Å²) in [5.41, 5.74) is 10.9. The molecule has 0 radical (unpaired) electrons. The summed E-state index contributed by atoms with van der Waals surface area (Å²) in [5, 5.41) is 3.84. The molecule has 0 amide bonds. The lowest BCUT2D eigenvalue weighted by Gasteiger charge is -2.12. The second-order valence-corrected chi connectivity index (χ2v) is 8.14. The summed E-state index contributed by atoms with van der Waals surface area (Å²) >= 11 is 0. The molecule has 6 heteroatoms. The summed E-state index contributed by atoms with van der Waals surface area (Å²) in [4.78, 5) is 14.2. The van der Waals surface area contributed by atoms with Gasteiger partial charge >= 0.3 is 0 Å². The highest BCUT2D eigenvalue weighted by Crippen LogP contribution is 2.23. The van der Waals surface area contributed by atoms with Crippen molar-refractivity contribution in [2.24, 2.45) is 32.6 Å². The number of nitrogens with two attached hydrogens (primary N) is 2. The van der Waals surface area contributed by atoms with Crippen molar-refractivity contribution in [2.45, 2.75) is 72.8 Å². The van der Waals surface area contributed by atoms with Crippen LogP contribution >= 0.6 is 0 Å². The van der Waals surface area contributed by atoms with E-state index < -0.39 is 0 Å². The van der Waals surface area contributed by atoms with Gasteiger partial charge < -0.3 is 11.6 Å². The minimum absolute atomic E-state index is 0.540. The molecule has 0 aliphatic rings. The molecule has 6 nitrogen and oxygen atoms in total. The predicted molar refractivity (Wildman–Crippen MR) is 137 cm³/mol. The molecule has 0 bridgehead atoms. The zero-order chi connectivity index (χ0) is 23.3. The van der Waals surface area contributed by atoms with Crippen LogP contribution in [0.2, 0.25) is 0 Å². The van der Waals surface area contributed by atoms with Gasteiger partial charge in [-0.25, -0.2) is 4.99 Å². The first-order chi connectivity index (χ1) is 15.5. The topological polar surface area (TPSA) is 102 Å². The first-order valence-electron chi connectivity index (χ1n) is 11.7. The zero-order valence-electron chi connectivity index (χ0n) is 20.0. The largest absolute Gasteiger partial charge is 0.387 e. The number of benzene rings is 1. The maximum absolute atomic E-state index is 6.16. The summed E-state index contributed by atoms with van der Waals surface area (Å²) in [5.74, 6) is 7.59. The Morgan fingerprint density at radius 1 is 1.06 bits per heavy atom. The molecule has 0 aliphatic heterocycles. The summed E-state index contributed by atoms with van der Waals surface area (Å²) in [6, 6.07) is 12.1. The molecule has 0 unspecified atom stereocenters. The van der Waals surface area contributed by atoms with Crippen LogP contribution in [-0.4, -0.2) is 22.4 Å². The van der Waals surface area contributed by atoms with Crippen molar-refractivity contribution in [1.29, 1.82) is 0 Å². The Labute approximate surface area is 193 Å². The minimum Gasteiger partial charge on any atom is -0.387 e. The SMILES string of the molecule is CCCCC(N)=NC(CC(CC)CC)=NCc1ccc(-c2ccccc2/C(C)=N/N)nc1. The van der Waals surface area contributed by atoms with Crippen LogP contribution in [0.4, 0.5) is 0 Å². The molecule has 1 aromatic carbocycles. The third-order valence-electron chi connectivity index (χ3n) is 5.74. The van der Waals surface area contributed by atoms with Gasteiger partial charge in [-0.2, -0.15) is 5.10 Å². The van der Waals surface area contributed by atoms with Crippen molar-refractivity contribution in [2.75, 3.05) is 0 Å². The molecule has 0 saturated carbocycles. The van der Waals surface area contributed by atoms with Gasteiger partial charge in [0.25, 0.3) is 0 Å². The van der Waals surface area contributed by atoms with Crippen LogP contribution in [0.5, 0.6) is 0 Å². The van der Waals surface area contributed by atoms with E-state index in [0.717, 1.165) is 72.5 Å². The van der Waals surface area contributed by atoms with Crippen LogP contribution in [0.3, 0.4) is 0 Å². The molecular formula is C26H38N6. The van der Waals surface area contributed by atoms with Gasteiger partial charge in [0.05, 0.1) is 18.0 Å². The minimum atomic E-state index is 0.540. The summed E-state index contributed by atoms with van der Waals surface area (Å²) in [6.45, 7) is 9.03. The maximum atomic E-state index is 6.16. The Morgan fingerprint density at radius 3 is 2.44 bits per heavy atom. The second-order valence-electron chi connectivity index (χ2n) is 8.14. The molecule has 32 heavy (non-hydrogen) atoms. The van der Waals surface area contributed by atoms with Crippen molar-refractivity contribution >= 4 is 17.4 Å². The van der Waals surface area contributed by atoms with Gasteiger partial charge in [0, 0.05) is 30.2 Å². The van der Waals surface area contributed by atoms with Crippen LogP contribution in [0.15, 0.2) is 57.7 Å². The predicted octanol–water partition coefficient (Wildman–Crippen LogP) is 5.70. The fraction of sp³-hybridized carbons (Fsp3) is 0.462. The van der Waals surface area contributed by atoms with Crippen LogP contribution in [-0.2, 0) is 6.54 Å². The quantitative estimate of drug-likeness (QED) is 0.205. The molecule has 0 fully saturated rings. The Hall–Kier alpha value is -3.02. The van der Waals surface area contributed by atoms with Gasteiger partial charge in [-0.15, -0.1) is 0 Å². The van der Waals surface area contributed by atoms with Gasteiger partial charge in [-0.1, -0.05) is 70.4 Å². The average molecular weight is 435 g/mol. The molecule has 2 aromatic rings. The van der Waals surface area contributed by atoms with Gasteiger partial charge in [0.2, 0.25) is 0 Å². The van der Waals surface area contributed by atoms with Gasteiger partial charge in [0.15, 0.2) is 0 Å². The molecular weight excluding hydrogens is 396 g/mol. The van der Waals surface area contributed by atoms with Crippen LogP contribution in [0, 0.1) is 5.92 Å². The van der Waals surface area contributed by atoms with Gasteiger partial charge in [0.1, 0.15) is 11.7 Å². The number of aromatic nitrogens is 1. The lowest BCUT2D eigenvalue weighted by atomic mass is 9.99. The number of amidine groups is 2. The zero-order valence-corrected chi connectivity index (χ0v) is 20.0. The molecule has 172 valence electrons. The second kappa shape index (κ2) is 13.4. The lowest BCUT2D eigenvalue weighted by molar-refractivity contribution is 0.510. The Balaban J connectivity index is 2.22. The van der Waals surface area contributed by atoms with Crippen molar-refractivity contribution < 1.29 is 0 Å². The molecule has 0 atom stereocenters. The first kappa shape index (κ1) is 25.2. The van der Waals surface area contributed by atoms with Crippen molar-refractivity contribution in [3.63, 3.8) is 0 Å². The third kappa shape index (κ3) is 7.59. The first-order valence-corrected chi connectivity index (χ1v) is 11.7. The number of unbranched alkanes of at least 4 members (excludes halogenated alkanes) is 1. The van der Waals surface area contributed by atoms with E-state index in [9.17, 15) is 0 Å². The highest BCUT2D eigenvalue weighted by atomic mass is 15.1. The van der Waals surface area contributed by atoms with Gasteiger partial charge in [-0.05, 0) is 30.9 Å². The lowest BCUT2D eigenvalue weighted by Crippen LogP contribution is -2.16. The molecule has 1 aromatic heterocycles. The molecule has 1 heterocycles. The summed E-state index contributed by atoms with van der Waals surface area (Å²) in [6.07, 6.45) is 7.93. The highest BCUT2D eigenvalue weighted by molar-refractivity contribution is 6.03. The third-order valence-corrected chi connectivity index (χ3v) is 5.74. The fourth-order valence-electron chi connectivity index (χ4n) is 3.51. The summed E-state index contributed by atoms with van der Waals surface area (Å²) < 4.78 is 0. The number of pyridine rings is 1. The Kier molecular flexibility index (Phi) is 10.6. The number of rotatable bonds is 11. The molecule has 0 saturated heterocycles. The standard InChI is InChI=1S/C26H38N6/c1-5-8-13-25(27)31-26(16-20(6-2)7-3)30-18-21-14-15-24(29-17-21)23-12-10-9-11-22(23)19(4)32-28/h9-12,14-15,17,20H,5-8,13,16,18,28H2,1-4H3,(H2,27,30,31)/b32-19+. The number of nitrogens with zero attached hydrogens (tertiary/aromatic N) is 4. The fourth-order valence-corrected chi connectivity index (χ4v) is 3.51. The highest BCUT2D eigenvalue weighted by Gasteiger charge is 2.10. The van der Waals surface area contributed by atoms with Crippen molar-refractivity contribution in [1.82, 2.24) is 4.98 Å². The van der Waals surface area contributed by atoms with Crippen LogP contribution in [0.25, 0.3) is 11.3 Å². The summed E-state index contributed by atoms with van der Waals surface area (Å²) in [7, 11) is 0. The average Bonchev–Trinajstić information content (AvgIpc) is 2.84. The van der Waals surface area contributed by atoms with E-state index in [-0.39, 0.29) is 0 Å². The van der Waals surface area contributed by atoms with E-state index in [4.69, 9.17) is 16.6 Å².